The van der Waals surface area contributed by atoms with Gasteiger partial charge < -0.3 is 16.0 Å². The fourth-order valence-corrected chi connectivity index (χ4v) is 4.99. The molecule has 4 rings (SSSR count). The summed E-state index contributed by atoms with van der Waals surface area (Å²) in [6.45, 7) is 1.50. The zero-order chi connectivity index (χ0) is 26.1. The SMILES string of the molecule is O=C(NC1CCNCC1)C(Cc1ccc(Cl)cc1Cl)NC(=O)C1(c2ccc(C(F)(F)F)cc2F)CC1. The second kappa shape index (κ2) is 10.6. The molecule has 1 aliphatic heterocycles. The summed E-state index contributed by atoms with van der Waals surface area (Å²) in [7, 11) is 0. The molecule has 11 heteroatoms. The maximum atomic E-state index is 14.7. The molecule has 0 spiro atoms. The molecule has 1 saturated carbocycles. The second-order valence-electron chi connectivity index (χ2n) is 9.27. The molecule has 5 nitrogen and oxygen atoms in total. The number of nitrogens with one attached hydrogen (secondary N) is 3. The van der Waals surface area contributed by atoms with E-state index in [-0.39, 0.29) is 30.9 Å². The van der Waals surface area contributed by atoms with E-state index in [4.69, 9.17) is 23.2 Å². The number of carbonyl (C=O) groups is 2. The zero-order valence-corrected chi connectivity index (χ0v) is 20.7. The summed E-state index contributed by atoms with van der Waals surface area (Å²) < 4.78 is 53.6. The first-order valence-electron chi connectivity index (χ1n) is 11.6. The smallest absolute Gasteiger partial charge is 0.351 e. The van der Waals surface area contributed by atoms with Crippen molar-refractivity contribution in [2.45, 2.75) is 55.8 Å². The Hall–Kier alpha value is -2.36. The van der Waals surface area contributed by atoms with E-state index < -0.39 is 40.8 Å². The largest absolute Gasteiger partial charge is 0.416 e. The van der Waals surface area contributed by atoms with Crippen LogP contribution in [0, 0.1) is 5.82 Å². The van der Waals surface area contributed by atoms with Crippen LogP contribution in [0.5, 0.6) is 0 Å². The minimum atomic E-state index is -4.70. The van der Waals surface area contributed by atoms with Crippen LogP contribution in [0.1, 0.15) is 42.4 Å². The fourth-order valence-electron chi connectivity index (χ4n) is 4.50. The Morgan fingerprint density at radius 1 is 1.08 bits per heavy atom. The van der Waals surface area contributed by atoms with Gasteiger partial charge in [-0.1, -0.05) is 35.3 Å². The fraction of sp³-hybridized carbons (Fsp3) is 0.440. The van der Waals surface area contributed by atoms with Crippen LogP contribution in [0.15, 0.2) is 36.4 Å². The maximum absolute atomic E-state index is 14.7. The van der Waals surface area contributed by atoms with Gasteiger partial charge in [-0.2, -0.15) is 13.2 Å². The van der Waals surface area contributed by atoms with Crippen molar-refractivity contribution in [2.24, 2.45) is 0 Å². The van der Waals surface area contributed by atoms with Crippen LogP contribution in [-0.4, -0.2) is 37.0 Å². The number of piperidine rings is 1. The molecule has 0 radical (unpaired) electrons. The molecule has 2 amide bonds. The minimum Gasteiger partial charge on any atom is -0.351 e. The quantitative estimate of drug-likeness (QED) is 0.438. The second-order valence-corrected chi connectivity index (χ2v) is 10.1. The van der Waals surface area contributed by atoms with E-state index >= 15 is 0 Å². The van der Waals surface area contributed by atoms with Crippen molar-refractivity contribution in [2.75, 3.05) is 13.1 Å². The Balaban J connectivity index is 1.56. The van der Waals surface area contributed by atoms with E-state index in [2.05, 4.69) is 16.0 Å². The highest BCUT2D eigenvalue weighted by molar-refractivity contribution is 6.35. The highest BCUT2D eigenvalue weighted by Crippen LogP contribution is 2.50. The first kappa shape index (κ1) is 26.7. The molecule has 1 unspecified atom stereocenters. The van der Waals surface area contributed by atoms with Crippen molar-refractivity contribution < 1.29 is 27.2 Å². The van der Waals surface area contributed by atoms with E-state index in [0.717, 1.165) is 38.1 Å². The summed E-state index contributed by atoms with van der Waals surface area (Å²) in [5, 5.41) is 9.63. The van der Waals surface area contributed by atoms with Crippen LogP contribution < -0.4 is 16.0 Å². The molecule has 0 bridgehead atoms. The van der Waals surface area contributed by atoms with E-state index in [9.17, 15) is 27.2 Å². The van der Waals surface area contributed by atoms with E-state index in [1.54, 1.807) is 12.1 Å². The van der Waals surface area contributed by atoms with Gasteiger partial charge in [-0.05, 0) is 68.6 Å². The summed E-state index contributed by atoms with van der Waals surface area (Å²) >= 11 is 12.3. The van der Waals surface area contributed by atoms with Gasteiger partial charge >= 0.3 is 6.18 Å². The number of hydrogen-bond acceptors (Lipinski definition) is 3. The number of halogens is 6. The summed E-state index contributed by atoms with van der Waals surface area (Å²) in [5.41, 5.74) is -1.99. The Bertz CT molecular complexity index is 1150. The Morgan fingerprint density at radius 3 is 2.36 bits per heavy atom. The zero-order valence-electron chi connectivity index (χ0n) is 19.2. The van der Waals surface area contributed by atoms with Gasteiger partial charge in [-0.25, -0.2) is 4.39 Å². The lowest BCUT2D eigenvalue weighted by Crippen LogP contribution is -2.54. The van der Waals surface area contributed by atoms with Gasteiger partial charge in [0.25, 0.3) is 0 Å². The lowest BCUT2D eigenvalue weighted by Gasteiger charge is -2.28. The summed E-state index contributed by atoms with van der Waals surface area (Å²) in [6.07, 6.45) is -2.67. The minimum absolute atomic E-state index is 0.0596. The van der Waals surface area contributed by atoms with Crippen LogP contribution in [0.3, 0.4) is 0 Å². The van der Waals surface area contributed by atoms with Crippen molar-refractivity contribution in [3.63, 3.8) is 0 Å². The summed E-state index contributed by atoms with van der Waals surface area (Å²) in [5.74, 6) is -2.13. The van der Waals surface area contributed by atoms with Crippen molar-refractivity contribution in [3.8, 4) is 0 Å². The Kier molecular flexibility index (Phi) is 7.83. The van der Waals surface area contributed by atoms with Gasteiger partial charge in [0.2, 0.25) is 11.8 Å². The molecule has 0 aromatic heterocycles. The van der Waals surface area contributed by atoms with Crippen LogP contribution in [0.25, 0.3) is 0 Å². The highest BCUT2D eigenvalue weighted by Gasteiger charge is 2.53. The number of hydrogen-bond donors (Lipinski definition) is 3. The number of rotatable bonds is 7. The Labute approximate surface area is 215 Å². The molecule has 2 aromatic rings. The first-order valence-corrected chi connectivity index (χ1v) is 12.4. The summed E-state index contributed by atoms with van der Waals surface area (Å²) in [6, 6.07) is 5.88. The van der Waals surface area contributed by atoms with Crippen molar-refractivity contribution in [1.29, 1.82) is 0 Å². The lowest BCUT2D eigenvalue weighted by molar-refractivity contribution is -0.137. The third kappa shape index (κ3) is 5.95. The van der Waals surface area contributed by atoms with Crippen LogP contribution in [0.2, 0.25) is 10.0 Å². The Morgan fingerprint density at radius 2 is 1.78 bits per heavy atom. The number of benzene rings is 2. The van der Waals surface area contributed by atoms with Gasteiger partial charge in [0.1, 0.15) is 11.9 Å². The standard InChI is InChI=1S/C25H25Cl2F4N3O2/c26-16-3-1-14(19(27)13-16)11-21(22(35)33-17-5-9-32-10-6-17)34-23(36)24(7-8-24)18-4-2-15(12-20(18)28)25(29,30)31/h1-4,12-13,17,21,32H,5-11H2,(H,33,35)(H,34,36). The van der Waals surface area contributed by atoms with Gasteiger partial charge in [0.15, 0.2) is 0 Å². The molecule has 194 valence electrons. The molecular weight excluding hydrogens is 521 g/mol. The number of alkyl halides is 3. The normalized spacial score (nSPS) is 18.4. The van der Waals surface area contributed by atoms with Gasteiger partial charge in [-0.15, -0.1) is 0 Å². The van der Waals surface area contributed by atoms with Crippen LogP contribution in [-0.2, 0) is 27.6 Å². The van der Waals surface area contributed by atoms with Crippen LogP contribution >= 0.6 is 23.2 Å². The van der Waals surface area contributed by atoms with Gasteiger partial charge in [-0.3, -0.25) is 9.59 Å². The van der Waals surface area contributed by atoms with Crippen LogP contribution in [0.4, 0.5) is 17.6 Å². The van der Waals surface area contributed by atoms with Crippen molar-refractivity contribution in [1.82, 2.24) is 16.0 Å². The third-order valence-corrected chi connectivity index (χ3v) is 7.33. The topological polar surface area (TPSA) is 70.2 Å². The predicted molar refractivity (Wildman–Crippen MR) is 128 cm³/mol. The molecule has 36 heavy (non-hydrogen) atoms. The van der Waals surface area contributed by atoms with Gasteiger partial charge in [0, 0.05) is 28.1 Å². The highest BCUT2D eigenvalue weighted by atomic mass is 35.5. The monoisotopic (exact) mass is 545 g/mol. The number of amides is 2. The molecule has 3 N–H and O–H groups in total. The molecule has 1 atom stereocenters. The first-order chi connectivity index (χ1) is 17.0. The van der Waals surface area contributed by atoms with Crippen molar-refractivity contribution in [3.05, 3.63) is 69.0 Å². The molecule has 2 aliphatic rings. The maximum Gasteiger partial charge on any atom is 0.416 e. The van der Waals surface area contributed by atoms with Gasteiger partial charge in [0.05, 0.1) is 11.0 Å². The molecule has 1 saturated heterocycles. The number of carbonyl (C=O) groups excluding carboxylic acids is 2. The predicted octanol–water partition coefficient (Wildman–Crippen LogP) is 4.78. The molecular formula is C25H25Cl2F4N3O2. The molecule has 1 aliphatic carbocycles. The van der Waals surface area contributed by atoms with E-state index in [1.807, 2.05) is 0 Å². The average Bonchev–Trinajstić information content (AvgIpc) is 3.62. The van der Waals surface area contributed by atoms with Crippen molar-refractivity contribution >= 4 is 35.0 Å². The third-order valence-electron chi connectivity index (χ3n) is 6.74. The van der Waals surface area contributed by atoms with E-state index in [1.165, 1.54) is 6.07 Å². The molecule has 2 fully saturated rings. The molecule has 2 aromatic carbocycles. The molecule has 1 heterocycles. The average molecular weight is 546 g/mol. The van der Waals surface area contributed by atoms with E-state index in [0.29, 0.717) is 21.7 Å². The lowest BCUT2D eigenvalue weighted by atomic mass is 9.92. The summed E-state index contributed by atoms with van der Waals surface area (Å²) in [4.78, 5) is 26.6.